The first-order chi connectivity index (χ1) is 11.4. The zero-order valence-electron chi connectivity index (χ0n) is 17.4. The maximum atomic E-state index is 12.2. The minimum Gasteiger partial charge on any atom is -0.377 e. The van der Waals surface area contributed by atoms with Crippen LogP contribution in [0, 0.1) is 11.3 Å². The molecule has 0 bridgehead atoms. The molecule has 6 nitrogen and oxygen atoms in total. The molecule has 1 rings (SSSR count). The molecule has 1 heterocycles. The molecule has 0 spiro atoms. The van der Waals surface area contributed by atoms with Crippen molar-refractivity contribution in [1.29, 1.82) is 0 Å². The van der Waals surface area contributed by atoms with Crippen LogP contribution in [0.5, 0.6) is 0 Å². The standard InChI is InChI=1S/C18H37N3O3S.HI/c1-17(2,3)15-14(9-8-11-24-15)13-21-16(19-7)20-10-12-25(22,23)18(4,5)6;/h14-15H,8-13H2,1-7H3,(H2,19,20,21);1H. The molecule has 0 aromatic carbocycles. The van der Waals surface area contributed by atoms with E-state index >= 15 is 0 Å². The number of sulfone groups is 1. The van der Waals surface area contributed by atoms with Crippen LogP contribution in [0.25, 0.3) is 0 Å². The molecule has 8 heteroatoms. The highest BCUT2D eigenvalue weighted by molar-refractivity contribution is 14.0. The summed E-state index contributed by atoms with van der Waals surface area (Å²) in [7, 11) is -1.43. The Balaban J connectivity index is 0.00000625. The lowest BCUT2D eigenvalue weighted by atomic mass is 9.78. The first kappa shape index (κ1) is 25.9. The monoisotopic (exact) mass is 503 g/mol. The van der Waals surface area contributed by atoms with Crippen molar-refractivity contribution < 1.29 is 13.2 Å². The lowest BCUT2D eigenvalue weighted by molar-refractivity contribution is -0.0835. The third kappa shape index (κ3) is 7.88. The van der Waals surface area contributed by atoms with Crippen LogP contribution in [-0.2, 0) is 14.6 Å². The number of nitrogens with zero attached hydrogens (tertiary/aromatic N) is 1. The van der Waals surface area contributed by atoms with Gasteiger partial charge in [-0.2, -0.15) is 0 Å². The topological polar surface area (TPSA) is 79.8 Å². The highest BCUT2D eigenvalue weighted by atomic mass is 127. The molecule has 0 saturated carbocycles. The van der Waals surface area contributed by atoms with Gasteiger partial charge in [-0.1, -0.05) is 20.8 Å². The van der Waals surface area contributed by atoms with Crippen LogP contribution in [0.2, 0.25) is 0 Å². The van der Waals surface area contributed by atoms with Crippen LogP contribution in [0.1, 0.15) is 54.4 Å². The van der Waals surface area contributed by atoms with Gasteiger partial charge in [-0.25, -0.2) is 8.42 Å². The quantitative estimate of drug-likeness (QED) is 0.343. The van der Waals surface area contributed by atoms with Gasteiger partial charge in [0.15, 0.2) is 15.8 Å². The summed E-state index contributed by atoms with van der Waals surface area (Å²) in [6.45, 7) is 13.8. The zero-order chi connectivity index (χ0) is 19.3. The second kappa shape index (κ2) is 10.5. The Labute approximate surface area is 177 Å². The van der Waals surface area contributed by atoms with Crippen molar-refractivity contribution in [1.82, 2.24) is 10.6 Å². The molecule has 1 fully saturated rings. The number of nitrogens with one attached hydrogen (secondary N) is 2. The minimum absolute atomic E-state index is 0. The Hall–Kier alpha value is -0.0900. The van der Waals surface area contributed by atoms with E-state index in [-0.39, 0.29) is 41.2 Å². The van der Waals surface area contributed by atoms with Crippen LogP contribution >= 0.6 is 24.0 Å². The average Bonchev–Trinajstić information content (AvgIpc) is 2.48. The number of hydrogen-bond acceptors (Lipinski definition) is 4. The van der Waals surface area contributed by atoms with Crippen LogP contribution < -0.4 is 10.6 Å². The van der Waals surface area contributed by atoms with Crippen molar-refractivity contribution in [3.8, 4) is 0 Å². The Morgan fingerprint density at radius 3 is 2.27 bits per heavy atom. The molecule has 1 saturated heterocycles. The highest BCUT2D eigenvalue weighted by Crippen LogP contribution is 2.33. The summed E-state index contributed by atoms with van der Waals surface area (Å²) in [5.74, 6) is 1.15. The van der Waals surface area contributed by atoms with E-state index in [2.05, 4.69) is 36.4 Å². The number of aliphatic imine (C=N–C) groups is 1. The van der Waals surface area contributed by atoms with Crippen LogP contribution in [0.4, 0.5) is 0 Å². The van der Waals surface area contributed by atoms with Gasteiger partial charge in [-0.05, 0) is 39.0 Å². The molecule has 26 heavy (non-hydrogen) atoms. The van der Waals surface area contributed by atoms with Gasteiger partial charge < -0.3 is 15.4 Å². The van der Waals surface area contributed by atoms with Crippen molar-refractivity contribution in [2.24, 2.45) is 16.3 Å². The van der Waals surface area contributed by atoms with Crippen molar-refractivity contribution >= 4 is 39.8 Å². The van der Waals surface area contributed by atoms with Crippen LogP contribution in [0.15, 0.2) is 4.99 Å². The second-order valence-corrected chi connectivity index (χ2v) is 11.7. The number of ether oxygens (including phenoxy) is 1. The summed E-state index contributed by atoms with van der Waals surface area (Å²) >= 11 is 0. The summed E-state index contributed by atoms with van der Waals surface area (Å²) in [5.41, 5.74) is 0.102. The third-order valence-corrected chi connectivity index (χ3v) is 7.26. The first-order valence-corrected chi connectivity index (χ1v) is 10.8. The Morgan fingerprint density at radius 2 is 1.77 bits per heavy atom. The summed E-state index contributed by atoms with van der Waals surface area (Å²) in [6.07, 6.45) is 2.42. The highest BCUT2D eigenvalue weighted by Gasteiger charge is 2.35. The van der Waals surface area contributed by atoms with E-state index in [4.69, 9.17) is 4.74 Å². The van der Waals surface area contributed by atoms with E-state index in [9.17, 15) is 8.42 Å². The van der Waals surface area contributed by atoms with E-state index in [1.165, 1.54) is 0 Å². The molecule has 0 aromatic heterocycles. The molecule has 2 N–H and O–H groups in total. The van der Waals surface area contributed by atoms with Gasteiger partial charge >= 0.3 is 0 Å². The molecule has 0 amide bonds. The fourth-order valence-corrected chi connectivity index (χ4v) is 4.05. The zero-order valence-corrected chi connectivity index (χ0v) is 20.5. The summed E-state index contributed by atoms with van der Waals surface area (Å²) in [5, 5.41) is 6.44. The third-order valence-electron chi connectivity index (χ3n) is 4.65. The fourth-order valence-electron chi connectivity index (χ4n) is 3.07. The van der Waals surface area contributed by atoms with Crippen LogP contribution in [0.3, 0.4) is 0 Å². The second-order valence-electron chi connectivity index (χ2n) is 8.87. The van der Waals surface area contributed by atoms with Crippen molar-refractivity contribution in [2.45, 2.75) is 65.2 Å². The molecule has 156 valence electrons. The van der Waals surface area contributed by atoms with Gasteiger partial charge in [-0.3, -0.25) is 4.99 Å². The predicted octanol–water partition coefficient (Wildman–Crippen LogP) is 2.82. The molecular formula is C18H38IN3O3S. The fraction of sp³-hybridized carbons (Fsp3) is 0.944. The van der Waals surface area contributed by atoms with Crippen molar-refractivity contribution in [3.05, 3.63) is 0 Å². The van der Waals surface area contributed by atoms with E-state index < -0.39 is 14.6 Å². The maximum Gasteiger partial charge on any atom is 0.191 e. The summed E-state index contributed by atoms with van der Waals surface area (Å²) in [4.78, 5) is 4.20. The number of guanidine groups is 1. The lowest BCUT2D eigenvalue weighted by Gasteiger charge is -2.40. The van der Waals surface area contributed by atoms with Crippen molar-refractivity contribution in [3.63, 3.8) is 0 Å². The maximum absolute atomic E-state index is 12.2. The van der Waals surface area contributed by atoms with Gasteiger partial charge in [0.1, 0.15) is 0 Å². The number of hydrogen-bond donors (Lipinski definition) is 2. The van der Waals surface area contributed by atoms with Crippen LogP contribution in [-0.4, -0.2) is 57.7 Å². The van der Waals surface area contributed by atoms with Gasteiger partial charge in [0.25, 0.3) is 0 Å². The Morgan fingerprint density at radius 1 is 1.15 bits per heavy atom. The average molecular weight is 503 g/mol. The SMILES string of the molecule is CN=C(NCCS(=O)(=O)C(C)(C)C)NCC1CCCOC1C(C)(C)C.I. The van der Waals surface area contributed by atoms with Crippen molar-refractivity contribution in [2.75, 3.05) is 32.5 Å². The largest absolute Gasteiger partial charge is 0.377 e. The van der Waals surface area contributed by atoms with Gasteiger partial charge in [-0.15, -0.1) is 24.0 Å². The van der Waals surface area contributed by atoms with Gasteiger partial charge in [0.05, 0.1) is 16.6 Å². The minimum atomic E-state index is -3.13. The van der Waals surface area contributed by atoms with E-state index in [1.807, 2.05) is 0 Å². The Kier molecular flexibility index (Phi) is 10.4. The predicted molar refractivity (Wildman–Crippen MR) is 120 cm³/mol. The number of halogens is 1. The molecule has 2 unspecified atom stereocenters. The molecule has 0 aromatic rings. The lowest BCUT2D eigenvalue weighted by Crippen LogP contribution is -2.48. The Bertz CT molecular complexity index is 551. The van der Waals surface area contributed by atoms with Gasteiger partial charge in [0, 0.05) is 32.7 Å². The molecule has 0 radical (unpaired) electrons. The molecule has 1 aliphatic heterocycles. The van der Waals surface area contributed by atoms with Gasteiger partial charge in [0.2, 0.25) is 0 Å². The molecular weight excluding hydrogens is 465 g/mol. The van der Waals surface area contributed by atoms with E-state index in [0.29, 0.717) is 18.4 Å². The summed E-state index contributed by atoms with van der Waals surface area (Å²) < 4.78 is 29.6. The number of rotatable bonds is 5. The first-order valence-electron chi connectivity index (χ1n) is 9.17. The van der Waals surface area contributed by atoms with E-state index in [1.54, 1.807) is 27.8 Å². The molecule has 0 aliphatic carbocycles. The molecule has 1 aliphatic rings. The smallest absolute Gasteiger partial charge is 0.191 e. The molecule has 2 atom stereocenters. The van der Waals surface area contributed by atoms with E-state index in [0.717, 1.165) is 26.0 Å². The summed E-state index contributed by atoms with van der Waals surface area (Å²) in [6, 6.07) is 0. The normalized spacial score (nSPS) is 22.5.